The summed E-state index contributed by atoms with van der Waals surface area (Å²) in [5.74, 6) is 0.455. The topological polar surface area (TPSA) is 83.6 Å². The molecule has 1 aliphatic heterocycles. The van der Waals surface area contributed by atoms with E-state index in [0.29, 0.717) is 17.8 Å². The van der Waals surface area contributed by atoms with E-state index in [1.807, 2.05) is 12.1 Å². The molecule has 7 nitrogen and oxygen atoms in total. The number of ether oxygens (including phenoxy) is 1. The first-order valence-electron chi connectivity index (χ1n) is 9.09. The van der Waals surface area contributed by atoms with Crippen molar-refractivity contribution in [3.8, 4) is 0 Å². The summed E-state index contributed by atoms with van der Waals surface area (Å²) in [5, 5.41) is 5.51. The molecule has 3 rings (SSSR count). The molecule has 0 radical (unpaired) electrons. The van der Waals surface area contributed by atoms with Crippen LogP contribution < -0.4 is 15.5 Å². The van der Waals surface area contributed by atoms with E-state index in [-0.39, 0.29) is 6.03 Å². The Bertz CT molecular complexity index is 803. The fraction of sp³-hybridized carbons (Fsp3) is 0.350. The van der Waals surface area contributed by atoms with E-state index in [9.17, 15) is 9.59 Å². The van der Waals surface area contributed by atoms with Gasteiger partial charge in [-0.25, -0.2) is 14.6 Å². The van der Waals surface area contributed by atoms with E-state index in [4.69, 9.17) is 4.74 Å². The number of carbonyl (C=O) groups is 2. The summed E-state index contributed by atoms with van der Waals surface area (Å²) >= 11 is 0. The molecule has 2 aromatic rings. The predicted molar refractivity (Wildman–Crippen MR) is 104 cm³/mol. The van der Waals surface area contributed by atoms with E-state index in [0.717, 1.165) is 24.5 Å². The summed E-state index contributed by atoms with van der Waals surface area (Å²) < 4.78 is 4.74. The molecule has 0 aliphatic carbocycles. The van der Waals surface area contributed by atoms with Gasteiger partial charge in [-0.3, -0.25) is 0 Å². The minimum Gasteiger partial charge on any atom is -0.465 e. The van der Waals surface area contributed by atoms with Gasteiger partial charge in [-0.15, -0.1) is 0 Å². The molecule has 142 valence electrons. The van der Waals surface area contributed by atoms with Crippen molar-refractivity contribution in [3.05, 3.63) is 53.7 Å². The van der Waals surface area contributed by atoms with Crippen molar-refractivity contribution in [3.63, 3.8) is 0 Å². The third-order valence-corrected chi connectivity index (χ3v) is 4.52. The maximum atomic E-state index is 12.2. The summed E-state index contributed by atoms with van der Waals surface area (Å²) in [5.41, 5.74) is 1.69. The average Bonchev–Trinajstić information content (AvgIpc) is 2.73. The second-order valence-corrected chi connectivity index (χ2v) is 6.41. The molecular weight excluding hydrogens is 344 g/mol. The number of nitrogens with zero attached hydrogens (tertiary/aromatic N) is 2. The zero-order chi connectivity index (χ0) is 19.1. The molecule has 27 heavy (non-hydrogen) atoms. The van der Waals surface area contributed by atoms with Gasteiger partial charge in [0.2, 0.25) is 0 Å². The Hall–Kier alpha value is -3.09. The lowest BCUT2D eigenvalue weighted by Gasteiger charge is -2.27. The first kappa shape index (κ1) is 18.7. The summed E-state index contributed by atoms with van der Waals surface area (Å²) in [6, 6.07) is 10.2. The molecular formula is C20H24N4O3. The Morgan fingerprint density at radius 3 is 2.70 bits per heavy atom. The van der Waals surface area contributed by atoms with Gasteiger partial charge in [0.25, 0.3) is 0 Å². The van der Waals surface area contributed by atoms with E-state index in [1.54, 1.807) is 30.5 Å². The predicted octanol–water partition coefficient (Wildman–Crippen LogP) is 3.18. The van der Waals surface area contributed by atoms with Crippen LogP contribution in [-0.4, -0.2) is 37.2 Å². The number of methoxy groups -OCH3 is 1. The number of para-hydroxylation sites is 1. The molecule has 1 fully saturated rings. The fourth-order valence-electron chi connectivity index (χ4n) is 3.10. The molecule has 1 saturated heterocycles. The fourth-order valence-corrected chi connectivity index (χ4v) is 3.10. The van der Waals surface area contributed by atoms with E-state index >= 15 is 0 Å². The van der Waals surface area contributed by atoms with Crippen LogP contribution in [0.4, 0.5) is 16.3 Å². The van der Waals surface area contributed by atoms with Crippen molar-refractivity contribution in [1.82, 2.24) is 10.3 Å². The third-order valence-electron chi connectivity index (χ3n) is 4.52. The molecule has 2 heterocycles. The quantitative estimate of drug-likeness (QED) is 0.792. The number of benzene rings is 1. The summed E-state index contributed by atoms with van der Waals surface area (Å²) in [7, 11) is 1.31. The van der Waals surface area contributed by atoms with E-state index < -0.39 is 5.97 Å². The second-order valence-electron chi connectivity index (χ2n) is 6.41. The molecule has 0 spiro atoms. The smallest absolute Gasteiger partial charge is 0.339 e. The van der Waals surface area contributed by atoms with Crippen molar-refractivity contribution in [2.45, 2.75) is 25.8 Å². The maximum Gasteiger partial charge on any atom is 0.339 e. The van der Waals surface area contributed by atoms with Gasteiger partial charge in [0, 0.05) is 25.8 Å². The van der Waals surface area contributed by atoms with Crippen LogP contribution in [0, 0.1) is 0 Å². The van der Waals surface area contributed by atoms with Gasteiger partial charge in [-0.2, -0.15) is 0 Å². The maximum absolute atomic E-state index is 12.2. The highest BCUT2D eigenvalue weighted by molar-refractivity contribution is 6.00. The normalized spacial score (nSPS) is 13.7. The van der Waals surface area contributed by atoms with Gasteiger partial charge in [-0.05, 0) is 49.1 Å². The van der Waals surface area contributed by atoms with Gasteiger partial charge in [0.05, 0.1) is 18.4 Å². The molecule has 0 bridgehead atoms. The summed E-state index contributed by atoms with van der Waals surface area (Å²) in [6.45, 7) is 2.42. The highest BCUT2D eigenvalue weighted by Gasteiger charge is 2.14. The van der Waals surface area contributed by atoms with E-state index in [2.05, 4.69) is 20.5 Å². The lowest BCUT2D eigenvalue weighted by molar-refractivity contribution is 0.0602. The van der Waals surface area contributed by atoms with Crippen LogP contribution in [-0.2, 0) is 11.3 Å². The van der Waals surface area contributed by atoms with Crippen LogP contribution in [0.25, 0.3) is 0 Å². The van der Waals surface area contributed by atoms with Crippen molar-refractivity contribution in [2.75, 3.05) is 30.4 Å². The average molecular weight is 368 g/mol. The summed E-state index contributed by atoms with van der Waals surface area (Å²) in [4.78, 5) is 30.7. The molecule has 2 N–H and O–H groups in total. The monoisotopic (exact) mass is 368 g/mol. The molecule has 1 aliphatic rings. The zero-order valence-corrected chi connectivity index (χ0v) is 15.4. The van der Waals surface area contributed by atoms with Gasteiger partial charge < -0.3 is 20.3 Å². The van der Waals surface area contributed by atoms with Crippen LogP contribution in [0.1, 0.15) is 35.2 Å². The van der Waals surface area contributed by atoms with Crippen molar-refractivity contribution >= 4 is 23.5 Å². The minimum atomic E-state index is -0.494. The number of carbonyl (C=O) groups excluding carboxylic acids is 2. The number of amides is 2. The standard InChI is InChI=1S/C20H24N4O3/c1-27-19(25)16-7-3-4-8-17(16)23-20(26)22-14-15-9-10-21-18(13-15)24-11-5-2-6-12-24/h3-4,7-10,13H,2,5-6,11-12,14H2,1H3,(H2,22,23,26). The first-order chi connectivity index (χ1) is 13.2. The largest absolute Gasteiger partial charge is 0.465 e. The SMILES string of the molecule is COC(=O)c1ccccc1NC(=O)NCc1ccnc(N2CCCCC2)c1. The number of esters is 1. The van der Waals surface area contributed by atoms with Gasteiger partial charge in [0.1, 0.15) is 5.82 Å². The van der Waals surface area contributed by atoms with Crippen LogP contribution in [0.3, 0.4) is 0 Å². The number of anilines is 2. The third kappa shape index (κ3) is 4.97. The van der Waals surface area contributed by atoms with Crippen LogP contribution >= 0.6 is 0 Å². The molecule has 7 heteroatoms. The Kier molecular flexibility index (Phi) is 6.25. The van der Waals surface area contributed by atoms with E-state index in [1.165, 1.54) is 26.4 Å². The van der Waals surface area contributed by atoms with Gasteiger partial charge >= 0.3 is 12.0 Å². The zero-order valence-electron chi connectivity index (χ0n) is 15.4. The van der Waals surface area contributed by atoms with Crippen LogP contribution in [0.5, 0.6) is 0 Å². The highest BCUT2D eigenvalue weighted by atomic mass is 16.5. The van der Waals surface area contributed by atoms with Crippen LogP contribution in [0.2, 0.25) is 0 Å². The van der Waals surface area contributed by atoms with Gasteiger partial charge in [0.15, 0.2) is 0 Å². The highest BCUT2D eigenvalue weighted by Crippen LogP contribution is 2.19. The Balaban J connectivity index is 1.59. The number of piperidine rings is 1. The number of urea groups is 1. The molecule has 0 saturated carbocycles. The number of rotatable bonds is 5. The Morgan fingerprint density at radius 1 is 1.15 bits per heavy atom. The molecule has 1 aromatic heterocycles. The number of pyridine rings is 1. The number of hydrogen-bond donors (Lipinski definition) is 2. The molecule has 2 amide bonds. The minimum absolute atomic E-state index is 0.312. The van der Waals surface area contributed by atoms with Crippen LogP contribution in [0.15, 0.2) is 42.6 Å². The second kappa shape index (κ2) is 9.02. The molecule has 0 atom stereocenters. The van der Waals surface area contributed by atoms with Gasteiger partial charge in [-0.1, -0.05) is 12.1 Å². The Morgan fingerprint density at radius 2 is 1.93 bits per heavy atom. The number of hydrogen-bond acceptors (Lipinski definition) is 5. The lowest BCUT2D eigenvalue weighted by atomic mass is 10.1. The number of nitrogens with one attached hydrogen (secondary N) is 2. The first-order valence-corrected chi connectivity index (χ1v) is 9.09. The van der Waals surface area contributed by atoms with Crippen molar-refractivity contribution < 1.29 is 14.3 Å². The number of aromatic nitrogens is 1. The summed E-state index contributed by atoms with van der Waals surface area (Å²) in [6.07, 6.45) is 5.41. The van der Waals surface area contributed by atoms with Crippen molar-refractivity contribution in [1.29, 1.82) is 0 Å². The molecule has 1 aromatic carbocycles. The van der Waals surface area contributed by atoms with Crippen molar-refractivity contribution in [2.24, 2.45) is 0 Å². The lowest BCUT2D eigenvalue weighted by Crippen LogP contribution is -2.31. The molecule has 0 unspecified atom stereocenters. The Labute approximate surface area is 158 Å².